The van der Waals surface area contributed by atoms with Gasteiger partial charge < -0.3 is 0 Å². The van der Waals surface area contributed by atoms with Crippen LogP contribution in [-0.2, 0) is 5.41 Å². The van der Waals surface area contributed by atoms with Crippen LogP contribution in [0.4, 0.5) is 14.5 Å². The quantitative estimate of drug-likeness (QED) is 0.689. The van der Waals surface area contributed by atoms with E-state index in [0.29, 0.717) is 0 Å². The van der Waals surface area contributed by atoms with Gasteiger partial charge in [0.25, 0.3) is 0 Å². The van der Waals surface area contributed by atoms with Gasteiger partial charge in [0.15, 0.2) is 5.82 Å². The SMILES string of the molecule is [2H]c1c(-c2nc(Cl)ncc2F)cc2c(c1F)N=C(C)C21CCCC1. The number of hydrogen-bond acceptors (Lipinski definition) is 3. The zero-order valence-electron chi connectivity index (χ0n) is 13.5. The maximum absolute atomic E-state index is 14.8. The molecule has 1 aliphatic carbocycles. The zero-order valence-corrected chi connectivity index (χ0v) is 13.2. The number of rotatable bonds is 1. The minimum atomic E-state index is -0.736. The van der Waals surface area contributed by atoms with Crippen LogP contribution < -0.4 is 0 Å². The molecule has 1 aromatic heterocycles. The summed E-state index contributed by atoms with van der Waals surface area (Å²) >= 11 is 5.75. The molecule has 1 aromatic carbocycles. The van der Waals surface area contributed by atoms with Gasteiger partial charge in [-0.3, -0.25) is 4.99 Å². The second kappa shape index (κ2) is 5.06. The number of halogens is 3. The van der Waals surface area contributed by atoms with Gasteiger partial charge in [0.05, 0.1) is 7.57 Å². The fourth-order valence-corrected chi connectivity index (χ4v) is 3.89. The lowest BCUT2D eigenvalue weighted by Gasteiger charge is -2.25. The first-order valence-corrected chi connectivity index (χ1v) is 7.89. The van der Waals surface area contributed by atoms with Crippen molar-refractivity contribution in [2.75, 3.05) is 0 Å². The van der Waals surface area contributed by atoms with Crippen LogP contribution in [0, 0.1) is 11.6 Å². The average Bonchev–Trinajstić information content (AvgIpc) is 3.14. The molecule has 1 saturated carbocycles. The first-order chi connectivity index (χ1) is 11.4. The third-order valence-electron chi connectivity index (χ3n) is 4.91. The van der Waals surface area contributed by atoms with Crippen molar-refractivity contribution in [2.45, 2.75) is 38.0 Å². The molecule has 4 rings (SSSR count). The van der Waals surface area contributed by atoms with E-state index in [1.54, 1.807) is 6.07 Å². The molecule has 1 fully saturated rings. The van der Waals surface area contributed by atoms with E-state index in [9.17, 15) is 8.78 Å². The number of aromatic nitrogens is 2. The maximum Gasteiger partial charge on any atom is 0.223 e. The summed E-state index contributed by atoms with van der Waals surface area (Å²) in [4.78, 5) is 11.8. The molecular formula is C17H14ClF2N3. The zero-order chi connectivity index (χ0) is 17.1. The van der Waals surface area contributed by atoms with Crippen LogP contribution in [0.1, 0.15) is 39.5 Å². The third kappa shape index (κ3) is 2.10. The molecule has 1 spiro atoms. The fraction of sp³-hybridized carbons (Fsp3) is 0.353. The van der Waals surface area contributed by atoms with Crippen molar-refractivity contribution in [3.05, 3.63) is 40.8 Å². The van der Waals surface area contributed by atoms with Crippen LogP contribution in [0.15, 0.2) is 23.3 Å². The van der Waals surface area contributed by atoms with Crippen molar-refractivity contribution >= 4 is 23.0 Å². The molecule has 0 atom stereocenters. The lowest BCUT2D eigenvalue weighted by molar-refractivity contribution is 0.596. The predicted octanol–water partition coefficient (Wildman–Crippen LogP) is 4.99. The number of nitrogens with zero attached hydrogens (tertiary/aromatic N) is 3. The maximum atomic E-state index is 14.8. The molecule has 0 bridgehead atoms. The van der Waals surface area contributed by atoms with Gasteiger partial charge in [0, 0.05) is 16.7 Å². The van der Waals surface area contributed by atoms with E-state index in [0.717, 1.165) is 43.2 Å². The highest BCUT2D eigenvalue weighted by Crippen LogP contribution is 2.52. The van der Waals surface area contributed by atoms with E-state index in [-0.39, 0.29) is 27.6 Å². The van der Waals surface area contributed by atoms with E-state index >= 15 is 0 Å². The Kier molecular flexibility index (Phi) is 2.98. The van der Waals surface area contributed by atoms with Crippen molar-refractivity contribution < 1.29 is 10.2 Å². The summed E-state index contributed by atoms with van der Waals surface area (Å²) in [6.45, 7) is 1.90. The number of hydrogen-bond donors (Lipinski definition) is 0. The van der Waals surface area contributed by atoms with Gasteiger partial charge in [0.1, 0.15) is 17.2 Å². The van der Waals surface area contributed by atoms with Gasteiger partial charge in [-0.2, -0.15) is 0 Å². The van der Waals surface area contributed by atoms with Crippen molar-refractivity contribution in [3.63, 3.8) is 0 Å². The van der Waals surface area contributed by atoms with Crippen LogP contribution in [0.25, 0.3) is 11.3 Å². The van der Waals surface area contributed by atoms with Crippen molar-refractivity contribution in [1.29, 1.82) is 0 Å². The molecule has 3 nitrogen and oxygen atoms in total. The Morgan fingerprint density at radius 1 is 1.26 bits per heavy atom. The van der Waals surface area contributed by atoms with Gasteiger partial charge in [-0.1, -0.05) is 12.8 Å². The molecule has 0 N–H and O–H groups in total. The van der Waals surface area contributed by atoms with Gasteiger partial charge in [-0.05, 0) is 49.0 Å². The first kappa shape index (κ1) is 13.5. The van der Waals surface area contributed by atoms with E-state index in [1.807, 2.05) is 6.92 Å². The van der Waals surface area contributed by atoms with E-state index in [1.165, 1.54) is 0 Å². The highest BCUT2D eigenvalue weighted by molar-refractivity contribution is 6.28. The van der Waals surface area contributed by atoms with Crippen molar-refractivity contribution in [3.8, 4) is 11.3 Å². The fourth-order valence-electron chi connectivity index (χ4n) is 3.76. The van der Waals surface area contributed by atoms with E-state index in [2.05, 4.69) is 15.0 Å². The first-order valence-electron chi connectivity index (χ1n) is 8.02. The van der Waals surface area contributed by atoms with Gasteiger partial charge in [-0.25, -0.2) is 18.7 Å². The smallest absolute Gasteiger partial charge is 0.223 e. The molecule has 0 amide bonds. The molecule has 2 aliphatic rings. The molecule has 0 radical (unpaired) electrons. The summed E-state index contributed by atoms with van der Waals surface area (Å²) in [5.74, 6) is -1.47. The Morgan fingerprint density at radius 2 is 2.00 bits per heavy atom. The molecular weight excluding hydrogens is 320 g/mol. The molecule has 6 heteroatoms. The van der Waals surface area contributed by atoms with Gasteiger partial charge >= 0.3 is 0 Å². The molecule has 1 aliphatic heterocycles. The Bertz CT molecular complexity index is 892. The van der Waals surface area contributed by atoms with Crippen LogP contribution in [0.3, 0.4) is 0 Å². The van der Waals surface area contributed by atoms with Crippen LogP contribution in [-0.4, -0.2) is 15.7 Å². The van der Waals surface area contributed by atoms with E-state index < -0.39 is 17.7 Å². The molecule has 0 unspecified atom stereocenters. The second-order valence-electron chi connectivity index (χ2n) is 6.08. The number of aliphatic imine (C=N–C) groups is 1. The third-order valence-corrected chi connectivity index (χ3v) is 5.09. The monoisotopic (exact) mass is 334 g/mol. The van der Waals surface area contributed by atoms with Gasteiger partial charge in [0.2, 0.25) is 5.28 Å². The normalized spacial score (nSPS) is 19.0. The topological polar surface area (TPSA) is 38.1 Å². The van der Waals surface area contributed by atoms with Crippen LogP contribution >= 0.6 is 11.6 Å². The Morgan fingerprint density at radius 3 is 2.74 bits per heavy atom. The van der Waals surface area contributed by atoms with Gasteiger partial charge in [-0.15, -0.1) is 0 Å². The summed E-state index contributed by atoms with van der Waals surface area (Å²) in [5.41, 5.74) is 1.44. The van der Waals surface area contributed by atoms with Crippen molar-refractivity contribution in [2.24, 2.45) is 4.99 Å². The average molecular weight is 335 g/mol. The lowest BCUT2D eigenvalue weighted by Crippen LogP contribution is -2.27. The highest BCUT2D eigenvalue weighted by atomic mass is 35.5. The Balaban J connectivity index is 1.99. The molecule has 2 heterocycles. The molecule has 0 saturated heterocycles. The standard InChI is InChI=1S/C17H14ClF2N3/c1-9-17(4-2-3-5-17)11-6-10(7-12(19)15(11)22-9)14-13(20)8-21-16(18)23-14/h6-8H,2-5H2,1H3/i7D. The van der Waals surface area contributed by atoms with Crippen molar-refractivity contribution in [1.82, 2.24) is 9.97 Å². The molecule has 118 valence electrons. The summed E-state index contributed by atoms with van der Waals surface area (Å²) in [5, 5.41) is -0.144. The summed E-state index contributed by atoms with van der Waals surface area (Å²) < 4.78 is 37.0. The predicted molar refractivity (Wildman–Crippen MR) is 85.3 cm³/mol. The Labute approximate surface area is 138 Å². The number of fused-ring (bicyclic) bond motifs is 2. The summed E-state index contributed by atoms with van der Waals surface area (Å²) in [6.07, 6.45) is 4.79. The molecule has 23 heavy (non-hydrogen) atoms. The minimum Gasteiger partial charge on any atom is -0.254 e. The highest BCUT2D eigenvalue weighted by Gasteiger charge is 2.44. The minimum absolute atomic E-state index is 0.0872. The second-order valence-corrected chi connectivity index (χ2v) is 6.42. The Hall–Kier alpha value is -1.88. The molecule has 2 aromatic rings. The van der Waals surface area contributed by atoms with E-state index in [4.69, 9.17) is 13.0 Å². The van der Waals surface area contributed by atoms with Crippen LogP contribution in [0.2, 0.25) is 5.28 Å². The summed E-state index contributed by atoms with van der Waals surface area (Å²) in [6, 6.07) is 1.24. The lowest BCUT2D eigenvalue weighted by atomic mass is 9.76. The number of benzene rings is 1. The largest absolute Gasteiger partial charge is 0.254 e. The van der Waals surface area contributed by atoms with Crippen LogP contribution in [0.5, 0.6) is 0 Å². The summed E-state index contributed by atoms with van der Waals surface area (Å²) in [7, 11) is 0.